The molecule has 3 rings (SSSR count). The monoisotopic (exact) mass is 267 g/mol. The van der Waals surface area contributed by atoms with E-state index in [1.165, 1.54) is 22.3 Å². The summed E-state index contributed by atoms with van der Waals surface area (Å²) in [4.78, 5) is 0. The summed E-state index contributed by atoms with van der Waals surface area (Å²) < 4.78 is 5.30. The summed E-state index contributed by atoms with van der Waals surface area (Å²) >= 11 is 0. The van der Waals surface area contributed by atoms with E-state index in [9.17, 15) is 0 Å². The molecule has 0 aromatic heterocycles. The van der Waals surface area contributed by atoms with Crippen LogP contribution in [-0.2, 0) is 4.74 Å². The Hall–Kier alpha value is -1.64. The highest BCUT2D eigenvalue weighted by atomic mass is 16.5. The van der Waals surface area contributed by atoms with Crippen molar-refractivity contribution in [3.63, 3.8) is 0 Å². The zero-order chi connectivity index (χ0) is 13.9. The molecule has 0 aliphatic carbocycles. The molecule has 104 valence electrons. The van der Waals surface area contributed by atoms with E-state index in [4.69, 9.17) is 4.74 Å². The molecule has 1 saturated heterocycles. The summed E-state index contributed by atoms with van der Waals surface area (Å²) in [5, 5.41) is 3.73. The van der Waals surface area contributed by atoms with Gasteiger partial charge in [0.15, 0.2) is 0 Å². The molecule has 1 aliphatic heterocycles. The number of aryl methyl sites for hydroxylation is 2. The second-order valence-electron chi connectivity index (χ2n) is 5.60. The minimum Gasteiger partial charge on any atom is -0.378 e. The summed E-state index contributed by atoms with van der Waals surface area (Å²) in [6, 6.07) is 18.0. The molecular weight excluding hydrogens is 246 g/mol. The summed E-state index contributed by atoms with van der Waals surface area (Å²) in [6.45, 7) is 5.96. The average molecular weight is 267 g/mol. The smallest absolute Gasteiger partial charge is 0.0643 e. The molecule has 1 atom stereocenters. The molecule has 1 unspecified atom stereocenters. The van der Waals surface area contributed by atoms with E-state index in [1.807, 2.05) is 0 Å². The molecule has 1 heterocycles. The second kappa shape index (κ2) is 5.78. The standard InChI is InChI=1S/C18H21NO/c1-13-8-9-14(2)17(10-13)18(19-16-11-20-12-16)15-6-4-3-5-7-15/h3-10,16,18-19H,11-12H2,1-2H3. The van der Waals surface area contributed by atoms with Crippen LogP contribution in [-0.4, -0.2) is 19.3 Å². The maximum Gasteiger partial charge on any atom is 0.0643 e. The van der Waals surface area contributed by atoms with Gasteiger partial charge in [-0.3, -0.25) is 5.32 Å². The molecule has 0 saturated carbocycles. The van der Waals surface area contributed by atoms with Crippen LogP contribution in [0.1, 0.15) is 28.3 Å². The van der Waals surface area contributed by atoms with Crippen LogP contribution < -0.4 is 5.32 Å². The average Bonchev–Trinajstić information content (AvgIpc) is 2.42. The molecule has 2 aromatic carbocycles. The normalized spacial score (nSPS) is 16.7. The van der Waals surface area contributed by atoms with Crippen LogP contribution in [0, 0.1) is 13.8 Å². The minimum atomic E-state index is 0.241. The van der Waals surface area contributed by atoms with E-state index in [0.717, 1.165) is 13.2 Å². The lowest BCUT2D eigenvalue weighted by Crippen LogP contribution is -2.47. The first-order chi connectivity index (χ1) is 9.74. The number of hydrogen-bond donors (Lipinski definition) is 1. The van der Waals surface area contributed by atoms with Crippen LogP contribution in [0.5, 0.6) is 0 Å². The fourth-order valence-corrected chi connectivity index (χ4v) is 2.65. The predicted octanol–water partition coefficient (Wildman–Crippen LogP) is 3.38. The topological polar surface area (TPSA) is 21.3 Å². The zero-order valence-electron chi connectivity index (χ0n) is 12.1. The maximum atomic E-state index is 5.30. The summed E-state index contributed by atoms with van der Waals surface area (Å²) in [6.07, 6.45) is 0. The van der Waals surface area contributed by atoms with Crippen LogP contribution in [0.2, 0.25) is 0 Å². The van der Waals surface area contributed by atoms with Crippen molar-refractivity contribution < 1.29 is 4.74 Å². The van der Waals surface area contributed by atoms with Gasteiger partial charge in [0.2, 0.25) is 0 Å². The molecule has 0 spiro atoms. The highest BCUT2D eigenvalue weighted by Gasteiger charge is 2.24. The summed E-state index contributed by atoms with van der Waals surface area (Å²) in [7, 11) is 0. The van der Waals surface area contributed by atoms with Gasteiger partial charge in [-0.25, -0.2) is 0 Å². The van der Waals surface area contributed by atoms with Crippen molar-refractivity contribution in [3.05, 3.63) is 70.8 Å². The SMILES string of the molecule is Cc1ccc(C)c(C(NC2COC2)c2ccccc2)c1. The first-order valence-corrected chi connectivity index (χ1v) is 7.20. The molecular formula is C18H21NO. The highest BCUT2D eigenvalue weighted by Crippen LogP contribution is 2.27. The van der Waals surface area contributed by atoms with Crippen LogP contribution in [0.4, 0.5) is 0 Å². The fraction of sp³-hybridized carbons (Fsp3) is 0.333. The molecule has 1 N–H and O–H groups in total. The Kier molecular flexibility index (Phi) is 3.86. The van der Waals surface area contributed by atoms with Gasteiger partial charge in [-0.2, -0.15) is 0 Å². The van der Waals surface area contributed by atoms with Gasteiger partial charge in [0, 0.05) is 0 Å². The Labute approximate surface area is 120 Å². The van der Waals surface area contributed by atoms with Crippen LogP contribution in [0.25, 0.3) is 0 Å². The second-order valence-corrected chi connectivity index (χ2v) is 5.60. The van der Waals surface area contributed by atoms with Crippen molar-refractivity contribution in [1.29, 1.82) is 0 Å². The lowest BCUT2D eigenvalue weighted by molar-refractivity contribution is -0.00829. The molecule has 1 aliphatic rings. The van der Waals surface area contributed by atoms with Crippen molar-refractivity contribution in [3.8, 4) is 0 Å². The Morgan fingerprint density at radius 2 is 1.80 bits per heavy atom. The van der Waals surface area contributed by atoms with Crippen molar-refractivity contribution in [1.82, 2.24) is 5.32 Å². The number of ether oxygens (including phenoxy) is 1. The highest BCUT2D eigenvalue weighted by molar-refractivity contribution is 5.39. The molecule has 0 bridgehead atoms. The lowest BCUT2D eigenvalue weighted by Gasteiger charge is -2.33. The number of rotatable bonds is 4. The summed E-state index contributed by atoms with van der Waals surface area (Å²) in [5.41, 5.74) is 5.31. The van der Waals surface area contributed by atoms with Crippen molar-refractivity contribution >= 4 is 0 Å². The van der Waals surface area contributed by atoms with Gasteiger partial charge in [-0.1, -0.05) is 54.1 Å². The molecule has 2 aromatic rings. The van der Waals surface area contributed by atoms with E-state index >= 15 is 0 Å². The van der Waals surface area contributed by atoms with E-state index in [-0.39, 0.29) is 6.04 Å². The molecule has 0 amide bonds. The van der Waals surface area contributed by atoms with Gasteiger partial charge in [0.1, 0.15) is 0 Å². The van der Waals surface area contributed by atoms with Crippen LogP contribution >= 0.6 is 0 Å². The fourth-order valence-electron chi connectivity index (χ4n) is 2.65. The third kappa shape index (κ3) is 2.77. The van der Waals surface area contributed by atoms with Crippen molar-refractivity contribution in [2.24, 2.45) is 0 Å². The van der Waals surface area contributed by atoms with Gasteiger partial charge < -0.3 is 4.74 Å². The third-order valence-electron chi connectivity index (χ3n) is 3.92. The van der Waals surface area contributed by atoms with Crippen molar-refractivity contribution in [2.45, 2.75) is 25.9 Å². The first kappa shape index (κ1) is 13.3. The maximum absolute atomic E-state index is 5.30. The molecule has 1 fully saturated rings. The Bertz CT molecular complexity index is 575. The molecule has 2 heteroatoms. The predicted molar refractivity (Wildman–Crippen MR) is 81.9 cm³/mol. The van der Waals surface area contributed by atoms with Gasteiger partial charge in [-0.05, 0) is 30.5 Å². The van der Waals surface area contributed by atoms with E-state index in [1.54, 1.807) is 0 Å². The molecule has 20 heavy (non-hydrogen) atoms. The number of benzene rings is 2. The molecule has 2 nitrogen and oxygen atoms in total. The van der Waals surface area contributed by atoms with Gasteiger partial charge in [0.25, 0.3) is 0 Å². The Morgan fingerprint density at radius 1 is 1.05 bits per heavy atom. The van der Waals surface area contributed by atoms with Gasteiger partial charge >= 0.3 is 0 Å². The quantitative estimate of drug-likeness (QED) is 0.917. The third-order valence-corrected chi connectivity index (χ3v) is 3.92. The molecule has 0 radical (unpaired) electrons. The first-order valence-electron chi connectivity index (χ1n) is 7.20. The van der Waals surface area contributed by atoms with Crippen LogP contribution in [0.15, 0.2) is 48.5 Å². The number of hydrogen-bond acceptors (Lipinski definition) is 2. The van der Waals surface area contributed by atoms with Gasteiger partial charge in [0.05, 0.1) is 25.3 Å². The minimum absolute atomic E-state index is 0.241. The largest absolute Gasteiger partial charge is 0.378 e. The van der Waals surface area contributed by atoms with Crippen molar-refractivity contribution in [2.75, 3.05) is 13.2 Å². The van der Waals surface area contributed by atoms with E-state index in [2.05, 4.69) is 67.7 Å². The van der Waals surface area contributed by atoms with E-state index < -0.39 is 0 Å². The Morgan fingerprint density at radius 3 is 2.45 bits per heavy atom. The number of nitrogens with one attached hydrogen (secondary N) is 1. The van der Waals surface area contributed by atoms with E-state index in [0.29, 0.717) is 6.04 Å². The summed E-state index contributed by atoms with van der Waals surface area (Å²) in [5.74, 6) is 0. The van der Waals surface area contributed by atoms with Crippen LogP contribution in [0.3, 0.4) is 0 Å². The zero-order valence-corrected chi connectivity index (χ0v) is 12.1. The van der Waals surface area contributed by atoms with Gasteiger partial charge in [-0.15, -0.1) is 0 Å². The lowest BCUT2D eigenvalue weighted by atomic mass is 9.92. The Balaban J connectivity index is 1.97.